The monoisotopic (exact) mass is 215 g/mol. The number of hydrogen-bond acceptors (Lipinski definition) is 2. The molecule has 0 saturated heterocycles. The Labute approximate surface area is 95.5 Å². The minimum absolute atomic E-state index is 0.284. The van der Waals surface area contributed by atoms with Crippen LogP contribution in [0.15, 0.2) is 0 Å². The minimum atomic E-state index is 0.284. The van der Waals surface area contributed by atoms with E-state index in [1.807, 2.05) is 0 Å². The first-order chi connectivity index (χ1) is 6.97. The maximum atomic E-state index is 8.98. The van der Waals surface area contributed by atoms with Gasteiger partial charge in [0.2, 0.25) is 0 Å². The van der Waals surface area contributed by atoms with Gasteiger partial charge in [-0.1, -0.05) is 27.7 Å². The summed E-state index contributed by atoms with van der Waals surface area (Å²) in [4.78, 5) is 0. The molecule has 0 aliphatic heterocycles. The van der Waals surface area contributed by atoms with Gasteiger partial charge in [-0.3, -0.25) is 0 Å². The summed E-state index contributed by atoms with van der Waals surface area (Å²) in [6.45, 7) is 11.5. The molecule has 0 aromatic rings. The summed E-state index contributed by atoms with van der Waals surface area (Å²) < 4.78 is 0. The molecule has 0 aromatic heterocycles. The summed E-state index contributed by atoms with van der Waals surface area (Å²) in [5, 5.41) is 12.6. The summed E-state index contributed by atoms with van der Waals surface area (Å²) in [5.74, 6) is 1.38. The first-order valence-corrected chi connectivity index (χ1v) is 6.34. The van der Waals surface area contributed by atoms with Crippen LogP contribution in [0.25, 0.3) is 0 Å². The summed E-state index contributed by atoms with van der Waals surface area (Å²) >= 11 is 0. The lowest BCUT2D eigenvalue weighted by molar-refractivity contribution is 0.233. The maximum absolute atomic E-state index is 8.98. The summed E-state index contributed by atoms with van der Waals surface area (Å²) in [5.41, 5.74) is 0. The second kappa shape index (κ2) is 8.12. The smallest absolute Gasteiger partial charge is 0.0445 e. The van der Waals surface area contributed by atoms with Crippen LogP contribution < -0.4 is 5.32 Å². The van der Waals surface area contributed by atoms with Gasteiger partial charge in [0.1, 0.15) is 0 Å². The largest absolute Gasteiger partial charge is 0.396 e. The summed E-state index contributed by atoms with van der Waals surface area (Å²) in [6, 6.07) is 1.02. The highest BCUT2D eigenvalue weighted by molar-refractivity contribution is 4.74. The van der Waals surface area contributed by atoms with Crippen molar-refractivity contribution in [3.05, 3.63) is 0 Å². The zero-order chi connectivity index (χ0) is 11.8. The van der Waals surface area contributed by atoms with Crippen LogP contribution in [0.4, 0.5) is 0 Å². The van der Waals surface area contributed by atoms with Crippen LogP contribution in [0, 0.1) is 11.8 Å². The van der Waals surface area contributed by atoms with E-state index in [1.54, 1.807) is 0 Å². The lowest BCUT2D eigenvalue weighted by Crippen LogP contribution is -2.40. The van der Waals surface area contributed by atoms with E-state index in [4.69, 9.17) is 5.11 Å². The minimum Gasteiger partial charge on any atom is -0.396 e. The van der Waals surface area contributed by atoms with E-state index >= 15 is 0 Å². The molecule has 15 heavy (non-hydrogen) atoms. The molecular weight excluding hydrogens is 186 g/mol. The van der Waals surface area contributed by atoms with Gasteiger partial charge in [-0.2, -0.15) is 0 Å². The van der Waals surface area contributed by atoms with Gasteiger partial charge < -0.3 is 10.4 Å². The Hall–Kier alpha value is -0.0800. The Bertz CT molecular complexity index is 145. The zero-order valence-corrected chi connectivity index (χ0v) is 11.1. The lowest BCUT2D eigenvalue weighted by Gasteiger charge is -2.26. The Morgan fingerprint density at radius 1 is 0.933 bits per heavy atom. The van der Waals surface area contributed by atoms with Gasteiger partial charge in [0.05, 0.1) is 0 Å². The molecular formula is C13H29NO. The fourth-order valence-electron chi connectivity index (χ4n) is 1.78. The SMILES string of the molecule is CC(C)CCC(C)NC(CCO)C(C)C. The van der Waals surface area contributed by atoms with Gasteiger partial charge in [0, 0.05) is 18.7 Å². The van der Waals surface area contributed by atoms with Crippen LogP contribution in [0.3, 0.4) is 0 Å². The first-order valence-electron chi connectivity index (χ1n) is 6.34. The van der Waals surface area contributed by atoms with Gasteiger partial charge in [-0.25, -0.2) is 0 Å². The molecule has 0 rings (SSSR count). The average Bonchev–Trinajstić information content (AvgIpc) is 2.14. The van der Waals surface area contributed by atoms with Crippen LogP contribution >= 0.6 is 0 Å². The van der Waals surface area contributed by atoms with Crippen molar-refractivity contribution >= 4 is 0 Å². The lowest BCUT2D eigenvalue weighted by atomic mass is 9.98. The highest BCUT2D eigenvalue weighted by Gasteiger charge is 2.15. The van der Waals surface area contributed by atoms with Crippen molar-refractivity contribution in [3.63, 3.8) is 0 Å². The Morgan fingerprint density at radius 2 is 1.53 bits per heavy atom. The Morgan fingerprint density at radius 3 is 1.93 bits per heavy atom. The summed E-state index contributed by atoms with van der Waals surface area (Å²) in [7, 11) is 0. The second-order valence-electron chi connectivity index (χ2n) is 5.40. The molecule has 2 N–H and O–H groups in total. The third kappa shape index (κ3) is 7.80. The van der Waals surface area contributed by atoms with Crippen molar-refractivity contribution in [2.45, 2.75) is 66.0 Å². The molecule has 0 saturated carbocycles. The van der Waals surface area contributed by atoms with Crippen molar-refractivity contribution < 1.29 is 5.11 Å². The fourth-order valence-corrected chi connectivity index (χ4v) is 1.78. The van der Waals surface area contributed by atoms with Crippen molar-refractivity contribution in [1.82, 2.24) is 5.32 Å². The third-order valence-corrected chi connectivity index (χ3v) is 2.92. The number of aliphatic hydroxyl groups is 1. The summed E-state index contributed by atoms with van der Waals surface area (Å²) in [6.07, 6.45) is 3.37. The molecule has 0 bridgehead atoms. The van der Waals surface area contributed by atoms with Gasteiger partial charge in [-0.05, 0) is 38.0 Å². The maximum Gasteiger partial charge on any atom is 0.0445 e. The van der Waals surface area contributed by atoms with Crippen molar-refractivity contribution in [2.24, 2.45) is 11.8 Å². The molecule has 0 radical (unpaired) electrons. The molecule has 0 spiro atoms. The molecule has 2 nitrogen and oxygen atoms in total. The predicted molar refractivity (Wildman–Crippen MR) is 67.0 cm³/mol. The van der Waals surface area contributed by atoms with E-state index in [9.17, 15) is 0 Å². The van der Waals surface area contributed by atoms with E-state index in [0.717, 1.165) is 12.3 Å². The molecule has 2 unspecified atom stereocenters. The number of rotatable bonds is 8. The molecule has 2 atom stereocenters. The van der Waals surface area contributed by atoms with Gasteiger partial charge >= 0.3 is 0 Å². The molecule has 0 aliphatic carbocycles. The standard InChI is InChI=1S/C13H29NO/c1-10(2)6-7-12(5)14-13(8-9-15)11(3)4/h10-15H,6-9H2,1-5H3. The molecule has 0 amide bonds. The van der Waals surface area contributed by atoms with Crippen LogP contribution in [-0.2, 0) is 0 Å². The number of hydrogen-bond donors (Lipinski definition) is 2. The van der Waals surface area contributed by atoms with Crippen molar-refractivity contribution in [3.8, 4) is 0 Å². The topological polar surface area (TPSA) is 32.3 Å². The van der Waals surface area contributed by atoms with E-state index in [1.165, 1.54) is 12.8 Å². The van der Waals surface area contributed by atoms with Crippen LogP contribution in [0.1, 0.15) is 53.9 Å². The van der Waals surface area contributed by atoms with E-state index in [-0.39, 0.29) is 6.61 Å². The predicted octanol–water partition coefficient (Wildman–Crippen LogP) is 2.81. The van der Waals surface area contributed by atoms with Crippen LogP contribution in [0.2, 0.25) is 0 Å². The molecule has 0 fully saturated rings. The number of aliphatic hydroxyl groups excluding tert-OH is 1. The molecule has 0 aliphatic rings. The van der Waals surface area contributed by atoms with Crippen molar-refractivity contribution in [2.75, 3.05) is 6.61 Å². The molecule has 0 aromatic carbocycles. The van der Waals surface area contributed by atoms with Crippen LogP contribution in [0.5, 0.6) is 0 Å². The average molecular weight is 215 g/mol. The fraction of sp³-hybridized carbons (Fsp3) is 1.00. The van der Waals surface area contributed by atoms with Gasteiger partial charge in [-0.15, -0.1) is 0 Å². The highest BCUT2D eigenvalue weighted by atomic mass is 16.3. The number of nitrogens with one attached hydrogen (secondary N) is 1. The Kier molecular flexibility index (Phi) is 8.07. The molecule has 0 heterocycles. The normalized spacial score (nSPS) is 16.0. The van der Waals surface area contributed by atoms with Gasteiger partial charge in [0.15, 0.2) is 0 Å². The van der Waals surface area contributed by atoms with E-state index in [2.05, 4.69) is 39.9 Å². The molecule has 92 valence electrons. The Balaban J connectivity index is 3.83. The third-order valence-electron chi connectivity index (χ3n) is 2.92. The molecule has 2 heteroatoms. The zero-order valence-electron chi connectivity index (χ0n) is 11.1. The van der Waals surface area contributed by atoms with Gasteiger partial charge in [0.25, 0.3) is 0 Å². The van der Waals surface area contributed by atoms with Crippen LogP contribution in [-0.4, -0.2) is 23.8 Å². The van der Waals surface area contributed by atoms with E-state index < -0.39 is 0 Å². The van der Waals surface area contributed by atoms with Crippen molar-refractivity contribution in [1.29, 1.82) is 0 Å². The first kappa shape index (κ1) is 14.9. The second-order valence-corrected chi connectivity index (χ2v) is 5.40. The quantitative estimate of drug-likeness (QED) is 0.652. The van der Waals surface area contributed by atoms with E-state index in [0.29, 0.717) is 18.0 Å². The highest BCUT2D eigenvalue weighted by Crippen LogP contribution is 2.11.